The third-order valence-electron chi connectivity index (χ3n) is 3.49. The first-order chi connectivity index (χ1) is 14.9. The van der Waals surface area contributed by atoms with Crippen LogP contribution in [-0.4, -0.2) is 32.1 Å². The van der Waals surface area contributed by atoms with Gasteiger partial charge in [0.1, 0.15) is 6.61 Å². The quantitative estimate of drug-likeness (QED) is 0.376. The molecule has 2 aromatic carbocycles. The summed E-state index contributed by atoms with van der Waals surface area (Å²) < 4.78 is 13.5. The molecule has 0 aromatic heterocycles. The Balaban J connectivity index is 0.000000466. The first-order valence-corrected chi connectivity index (χ1v) is 9.21. The Hall–Kier alpha value is -3.93. The molecule has 0 unspecified atom stereocenters. The van der Waals surface area contributed by atoms with Crippen molar-refractivity contribution < 1.29 is 28.6 Å². The van der Waals surface area contributed by atoms with E-state index in [1.165, 1.54) is 14.2 Å². The molecule has 2 rings (SSSR count). The van der Waals surface area contributed by atoms with Crippen molar-refractivity contribution in [2.24, 2.45) is 0 Å². The van der Waals surface area contributed by atoms with Crippen LogP contribution in [0.5, 0.6) is 0 Å². The molecule has 0 aliphatic heterocycles. The van der Waals surface area contributed by atoms with Gasteiger partial charge in [0.05, 0.1) is 14.2 Å². The van der Waals surface area contributed by atoms with Crippen LogP contribution in [0.2, 0.25) is 0 Å². The van der Waals surface area contributed by atoms with Gasteiger partial charge in [-0.3, -0.25) is 0 Å². The summed E-state index contributed by atoms with van der Waals surface area (Å²) in [6.07, 6.45) is 2.82. The van der Waals surface area contributed by atoms with Crippen molar-refractivity contribution in [3.8, 4) is 0 Å². The summed E-state index contributed by atoms with van der Waals surface area (Å²) in [6.45, 7) is 10.4. The van der Waals surface area contributed by atoms with Gasteiger partial charge in [-0.05, 0) is 11.1 Å². The van der Waals surface area contributed by atoms with E-state index < -0.39 is 5.97 Å². The molecule has 0 bridgehead atoms. The topological polar surface area (TPSA) is 78.9 Å². The van der Waals surface area contributed by atoms with Gasteiger partial charge in [-0.25, -0.2) is 14.4 Å². The molecule has 0 heterocycles. The van der Waals surface area contributed by atoms with E-state index in [0.717, 1.165) is 23.3 Å². The van der Waals surface area contributed by atoms with Gasteiger partial charge in [0, 0.05) is 24.1 Å². The molecule has 0 spiro atoms. The van der Waals surface area contributed by atoms with E-state index >= 15 is 0 Å². The molecule has 6 heteroatoms. The van der Waals surface area contributed by atoms with Crippen LogP contribution in [0.1, 0.15) is 11.1 Å². The number of carbonyl (C=O) groups excluding carboxylic acids is 3. The minimum Gasteiger partial charge on any atom is -0.466 e. The lowest BCUT2D eigenvalue weighted by Gasteiger charge is -2.02. The molecule has 0 atom stereocenters. The van der Waals surface area contributed by atoms with Gasteiger partial charge in [0.2, 0.25) is 0 Å². The summed E-state index contributed by atoms with van der Waals surface area (Å²) in [6, 6.07) is 19.2. The van der Waals surface area contributed by atoms with Crippen molar-refractivity contribution >= 4 is 17.9 Å². The van der Waals surface area contributed by atoms with Crippen LogP contribution in [0, 0.1) is 0 Å². The van der Waals surface area contributed by atoms with Crippen LogP contribution in [0.3, 0.4) is 0 Å². The highest BCUT2D eigenvalue weighted by atomic mass is 16.5. The maximum atomic E-state index is 11.0. The van der Waals surface area contributed by atoms with Crippen molar-refractivity contribution in [3.63, 3.8) is 0 Å². The number of esters is 3. The smallest absolute Gasteiger partial charge is 0.333 e. The van der Waals surface area contributed by atoms with E-state index in [9.17, 15) is 14.4 Å². The first-order valence-electron chi connectivity index (χ1n) is 9.21. The highest BCUT2D eigenvalue weighted by molar-refractivity contribution is 5.88. The molecule has 0 saturated heterocycles. The lowest BCUT2D eigenvalue weighted by Crippen LogP contribution is -2.05. The molecule has 0 amide bonds. The molecule has 164 valence electrons. The Morgan fingerprint density at radius 3 is 1.65 bits per heavy atom. The molecular formula is C25H28O6. The highest BCUT2D eigenvalue weighted by Gasteiger charge is 2.06. The Labute approximate surface area is 183 Å². The number of ether oxygens (including phenoxy) is 3. The molecule has 0 aliphatic carbocycles. The highest BCUT2D eigenvalue weighted by Crippen LogP contribution is 2.06. The van der Waals surface area contributed by atoms with Crippen LogP contribution in [0.4, 0.5) is 0 Å². The minimum atomic E-state index is -0.394. The summed E-state index contributed by atoms with van der Waals surface area (Å²) in [5, 5.41) is 0. The lowest BCUT2D eigenvalue weighted by molar-refractivity contribution is -0.139. The number of rotatable bonds is 7. The van der Waals surface area contributed by atoms with Gasteiger partial charge >= 0.3 is 17.9 Å². The summed E-state index contributed by atoms with van der Waals surface area (Å²) in [5.74, 6) is -1.13. The summed E-state index contributed by atoms with van der Waals surface area (Å²) in [5.41, 5.74) is 2.53. The zero-order valence-corrected chi connectivity index (χ0v) is 17.9. The SMILES string of the molecule is C=C(Cc1ccccc1)C(=O)OC.C=CC(=O)OC.C=CC(=O)OCc1ccccc1. The molecule has 6 nitrogen and oxygen atoms in total. The summed E-state index contributed by atoms with van der Waals surface area (Å²) in [4.78, 5) is 31.5. The molecule has 0 radical (unpaired) electrons. The minimum absolute atomic E-state index is 0.311. The van der Waals surface area contributed by atoms with Crippen molar-refractivity contribution in [2.75, 3.05) is 14.2 Å². The van der Waals surface area contributed by atoms with Crippen molar-refractivity contribution in [1.29, 1.82) is 0 Å². The average Bonchev–Trinajstić information content (AvgIpc) is 2.83. The monoisotopic (exact) mass is 424 g/mol. The molecule has 0 saturated carbocycles. The van der Waals surface area contributed by atoms with E-state index in [1.54, 1.807) is 0 Å². The third kappa shape index (κ3) is 13.8. The Kier molecular flexibility index (Phi) is 14.8. The van der Waals surface area contributed by atoms with Gasteiger partial charge < -0.3 is 14.2 Å². The number of carbonyl (C=O) groups is 3. The molecule has 2 aromatic rings. The average molecular weight is 424 g/mol. The van der Waals surface area contributed by atoms with Crippen LogP contribution in [-0.2, 0) is 41.6 Å². The predicted octanol–water partition coefficient (Wildman–Crippen LogP) is 4.22. The summed E-state index contributed by atoms with van der Waals surface area (Å²) in [7, 11) is 2.67. The molecule has 0 N–H and O–H groups in total. The Morgan fingerprint density at radius 1 is 0.774 bits per heavy atom. The Bertz CT molecular complexity index is 841. The van der Waals surface area contributed by atoms with Crippen molar-refractivity contribution in [1.82, 2.24) is 0 Å². The maximum absolute atomic E-state index is 11.0. The van der Waals surface area contributed by atoms with Gasteiger partial charge in [-0.1, -0.05) is 80.4 Å². The van der Waals surface area contributed by atoms with Gasteiger partial charge in [-0.2, -0.15) is 0 Å². The number of methoxy groups -OCH3 is 2. The number of hydrogen-bond acceptors (Lipinski definition) is 6. The summed E-state index contributed by atoms with van der Waals surface area (Å²) >= 11 is 0. The maximum Gasteiger partial charge on any atom is 0.333 e. The lowest BCUT2D eigenvalue weighted by atomic mass is 10.1. The number of hydrogen-bond donors (Lipinski definition) is 0. The fourth-order valence-corrected chi connectivity index (χ4v) is 1.93. The normalized spacial score (nSPS) is 8.71. The van der Waals surface area contributed by atoms with Crippen LogP contribution >= 0.6 is 0 Å². The number of benzene rings is 2. The van der Waals surface area contributed by atoms with E-state index in [-0.39, 0.29) is 11.9 Å². The van der Waals surface area contributed by atoms with Gasteiger partial charge in [0.15, 0.2) is 0 Å². The second-order valence-electron chi connectivity index (χ2n) is 5.78. The molecule has 0 aliphatic rings. The van der Waals surface area contributed by atoms with E-state index in [0.29, 0.717) is 18.6 Å². The van der Waals surface area contributed by atoms with Crippen molar-refractivity contribution in [2.45, 2.75) is 13.0 Å². The first kappa shape index (κ1) is 27.1. The molecular weight excluding hydrogens is 396 g/mol. The fourth-order valence-electron chi connectivity index (χ4n) is 1.93. The van der Waals surface area contributed by atoms with E-state index in [1.807, 2.05) is 60.7 Å². The largest absolute Gasteiger partial charge is 0.466 e. The van der Waals surface area contributed by atoms with Gasteiger partial charge in [-0.15, -0.1) is 0 Å². The van der Waals surface area contributed by atoms with Gasteiger partial charge in [0.25, 0.3) is 0 Å². The van der Waals surface area contributed by atoms with Crippen LogP contribution in [0.25, 0.3) is 0 Å². The fraction of sp³-hybridized carbons (Fsp3) is 0.160. The Morgan fingerprint density at radius 2 is 1.26 bits per heavy atom. The van der Waals surface area contributed by atoms with Crippen LogP contribution in [0.15, 0.2) is 98.1 Å². The molecule has 31 heavy (non-hydrogen) atoms. The van der Waals surface area contributed by atoms with Crippen molar-refractivity contribution in [3.05, 3.63) is 109 Å². The predicted molar refractivity (Wildman–Crippen MR) is 120 cm³/mol. The second kappa shape index (κ2) is 17.0. The standard InChI is InChI=1S/C11H12O2.C10H10O2.C4H6O2/c1-9(11(12)13-2)8-10-6-4-3-5-7-10;1-2-10(11)12-8-9-6-4-3-5-7-9;1-3-4(5)6-2/h3-7H,1,8H2,2H3;2-7H,1,8H2;3H,1H2,2H3. The van der Waals surface area contributed by atoms with E-state index in [2.05, 4.69) is 29.2 Å². The van der Waals surface area contributed by atoms with E-state index in [4.69, 9.17) is 4.74 Å². The van der Waals surface area contributed by atoms with Crippen LogP contribution < -0.4 is 0 Å². The zero-order valence-electron chi connectivity index (χ0n) is 17.9. The molecule has 0 fully saturated rings. The third-order valence-corrected chi connectivity index (χ3v) is 3.49. The zero-order chi connectivity index (χ0) is 23.5. The second-order valence-corrected chi connectivity index (χ2v) is 5.78.